The van der Waals surface area contributed by atoms with Gasteiger partial charge in [-0.25, -0.2) is 0 Å². The van der Waals surface area contributed by atoms with Gasteiger partial charge >= 0.3 is 0 Å². The smallest absolute Gasteiger partial charge is 0.0351 e. The van der Waals surface area contributed by atoms with Crippen molar-refractivity contribution >= 4 is 0 Å². The second-order valence-corrected chi connectivity index (χ2v) is 4.67. The van der Waals surface area contributed by atoms with E-state index in [1.807, 2.05) is 0 Å². The molecule has 16 heavy (non-hydrogen) atoms. The molecule has 0 heteroatoms. The van der Waals surface area contributed by atoms with Gasteiger partial charge in [0.05, 0.1) is 0 Å². The summed E-state index contributed by atoms with van der Waals surface area (Å²) in [4.78, 5) is 0. The first-order chi connectivity index (χ1) is 7.85. The molecular formula is C16H30. The standard InChI is InChI=1S/C16H30/c1-4-7-9-10-11-12-13-15-16(6-3)14-8-5-2/h9-10,16H,1-2,4-8,11-15H2,3H3/b10-9+. The first-order valence-corrected chi connectivity index (χ1v) is 7.08. The highest BCUT2D eigenvalue weighted by molar-refractivity contribution is 4.81. The van der Waals surface area contributed by atoms with Crippen LogP contribution < -0.4 is 0 Å². The van der Waals surface area contributed by atoms with E-state index in [0.29, 0.717) is 0 Å². The maximum Gasteiger partial charge on any atom is -0.0351 e. The van der Waals surface area contributed by atoms with E-state index in [1.54, 1.807) is 0 Å². The fourth-order valence-electron chi connectivity index (χ4n) is 2.03. The molecule has 0 aliphatic heterocycles. The van der Waals surface area contributed by atoms with Crippen LogP contribution in [0.15, 0.2) is 12.2 Å². The van der Waals surface area contributed by atoms with Gasteiger partial charge < -0.3 is 0 Å². The Morgan fingerprint density at radius 1 is 0.875 bits per heavy atom. The van der Waals surface area contributed by atoms with Crippen molar-refractivity contribution in [2.24, 2.45) is 5.92 Å². The zero-order valence-electron chi connectivity index (χ0n) is 11.2. The Labute approximate surface area is 104 Å². The van der Waals surface area contributed by atoms with Gasteiger partial charge in [-0.05, 0) is 31.6 Å². The fraction of sp³-hybridized carbons (Fsp3) is 0.750. The van der Waals surface area contributed by atoms with E-state index in [2.05, 4.69) is 32.9 Å². The highest BCUT2D eigenvalue weighted by Crippen LogP contribution is 2.19. The van der Waals surface area contributed by atoms with Gasteiger partial charge in [-0.1, -0.05) is 71.4 Å². The molecule has 0 bridgehead atoms. The topological polar surface area (TPSA) is 0 Å². The van der Waals surface area contributed by atoms with Crippen molar-refractivity contribution in [2.45, 2.75) is 71.1 Å². The number of rotatable bonds is 11. The third kappa shape index (κ3) is 10.3. The zero-order chi connectivity index (χ0) is 12.1. The quantitative estimate of drug-likeness (QED) is 0.308. The Kier molecular flexibility index (Phi) is 12.6. The number of hydrogen-bond donors (Lipinski definition) is 0. The normalized spacial score (nSPS) is 13.4. The molecule has 0 fully saturated rings. The summed E-state index contributed by atoms with van der Waals surface area (Å²) >= 11 is 0. The molecule has 2 radical (unpaired) electrons. The van der Waals surface area contributed by atoms with Crippen molar-refractivity contribution in [1.82, 2.24) is 0 Å². The lowest BCUT2D eigenvalue weighted by Crippen LogP contribution is -1.98. The summed E-state index contributed by atoms with van der Waals surface area (Å²) in [6, 6.07) is 0. The van der Waals surface area contributed by atoms with E-state index < -0.39 is 0 Å². The third-order valence-electron chi connectivity index (χ3n) is 3.21. The molecule has 0 nitrogen and oxygen atoms in total. The minimum atomic E-state index is 0.950. The maximum atomic E-state index is 3.92. The average molecular weight is 222 g/mol. The lowest BCUT2D eigenvalue weighted by atomic mass is 9.93. The van der Waals surface area contributed by atoms with Crippen molar-refractivity contribution in [3.8, 4) is 0 Å². The molecule has 0 spiro atoms. The molecule has 0 N–H and O–H groups in total. The maximum absolute atomic E-state index is 3.92. The Balaban J connectivity index is 3.33. The highest BCUT2D eigenvalue weighted by Gasteiger charge is 2.04. The number of unbranched alkanes of at least 4 members (excludes halogenated alkanes) is 4. The summed E-state index contributed by atoms with van der Waals surface area (Å²) in [5, 5.41) is 0. The molecule has 1 atom stereocenters. The molecule has 0 heterocycles. The van der Waals surface area contributed by atoms with Gasteiger partial charge in [-0.2, -0.15) is 0 Å². The molecule has 0 aromatic rings. The summed E-state index contributed by atoms with van der Waals surface area (Å²) in [5.74, 6) is 0.950. The van der Waals surface area contributed by atoms with E-state index in [0.717, 1.165) is 25.2 Å². The van der Waals surface area contributed by atoms with Crippen LogP contribution in [0.1, 0.15) is 71.1 Å². The van der Waals surface area contributed by atoms with Crippen molar-refractivity contribution in [2.75, 3.05) is 0 Å². The zero-order valence-corrected chi connectivity index (χ0v) is 11.2. The van der Waals surface area contributed by atoms with Gasteiger partial charge in [-0.3, -0.25) is 0 Å². The highest BCUT2D eigenvalue weighted by atomic mass is 14.1. The predicted molar refractivity (Wildman–Crippen MR) is 75.2 cm³/mol. The molecule has 0 aromatic carbocycles. The molecule has 0 aliphatic carbocycles. The molecule has 0 saturated heterocycles. The summed E-state index contributed by atoms with van der Waals surface area (Å²) in [7, 11) is 0. The van der Waals surface area contributed by atoms with Crippen molar-refractivity contribution in [1.29, 1.82) is 0 Å². The van der Waals surface area contributed by atoms with Crippen LogP contribution in [-0.2, 0) is 0 Å². The van der Waals surface area contributed by atoms with Gasteiger partial charge in [0.1, 0.15) is 0 Å². The Morgan fingerprint density at radius 2 is 1.56 bits per heavy atom. The minimum absolute atomic E-state index is 0.950. The van der Waals surface area contributed by atoms with Crippen LogP contribution in [0.3, 0.4) is 0 Å². The number of allylic oxidation sites excluding steroid dienone is 2. The van der Waals surface area contributed by atoms with E-state index in [1.165, 1.54) is 44.9 Å². The van der Waals surface area contributed by atoms with E-state index in [-0.39, 0.29) is 0 Å². The number of hydrogen-bond acceptors (Lipinski definition) is 0. The van der Waals surface area contributed by atoms with Gasteiger partial charge in [0.2, 0.25) is 0 Å². The molecule has 0 aliphatic rings. The predicted octanol–water partition coefficient (Wildman–Crippen LogP) is 5.75. The molecule has 0 saturated carbocycles. The molecule has 0 amide bonds. The SMILES string of the molecule is [CH2]CC/C=C/CCCCC(CC)CCC[CH2]. The van der Waals surface area contributed by atoms with E-state index in [9.17, 15) is 0 Å². The van der Waals surface area contributed by atoms with Gasteiger partial charge in [0.25, 0.3) is 0 Å². The summed E-state index contributed by atoms with van der Waals surface area (Å²) < 4.78 is 0. The second-order valence-electron chi connectivity index (χ2n) is 4.67. The van der Waals surface area contributed by atoms with Crippen LogP contribution in [0.5, 0.6) is 0 Å². The molecule has 1 unspecified atom stereocenters. The molecule has 0 aromatic heterocycles. The Hall–Kier alpha value is -0.260. The average Bonchev–Trinajstić information content (AvgIpc) is 2.32. The minimum Gasteiger partial charge on any atom is -0.0885 e. The van der Waals surface area contributed by atoms with E-state index in [4.69, 9.17) is 0 Å². The Bertz CT molecular complexity index is 146. The lowest BCUT2D eigenvalue weighted by molar-refractivity contribution is 0.408. The molecule has 0 rings (SSSR count). The van der Waals surface area contributed by atoms with E-state index >= 15 is 0 Å². The van der Waals surface area contributed by atoms with Crippen LogP contribution in [0.25, 0.3) is 0 Å². The van der Waals surface area contributed by atoms with Crippen molar-refractivity contribution in [3.63, 3.8) is 0 Å². The van der Waals surface area contributed by atoms with Crippen LogP contribution in [0.4, 0.5) is 0 Å². The molecule has 94 valence electrons. The van der Waals surface area contributed by atoms with Crippen LogP contribution in [0.2, 0.25) is 0 Å². The largest absolute Gasteiger partial charge is 0.0885 e. The van der Waals surface area contributed by atoms with Crippen molar-refractivity contribution < 1.29 is 0 Å². The van der Waals surface area contributed by atoms with Gasteiger partial charge in [-0.15, -0.1) is 0 Å². The monoisotopic (exact) mass is 222 g/mol. The first-order valence-electron chi connectivity index (χ1n) is 7.08. The second kappa shape index (κ2) is 12.8. The van der Waals surface area contributed by atoms with Gasteiger partial charge in [0.15, 0.2) is 0 Å². The summed E-state index contributed by atoms with van der Waals surface area (Å²) in [6.07, 6.45) is 17.3. The van der Waals surface area contributed by atoms with Gasteiger partial charge in [0, 0.05) is 0 Å². The summed E-state index contributed by atoms with van der Waals surface area (Å²) in [6.45, 7) is 10.1. The van der Waals surface area contributed by atoms with Crippen LogP contribution in [-0.4, -0.2) is 0 Å². The van der Waals surface area contributed by atoms with Crippen molar-refractivity contribution in [3.05, 3.63) is 26.0 Å². The third-order valence-corrected chi connectivity index (χ3v) is 3.21. The van der Waals surface area contributed by atoms with Crippen LogP contribution in [0, 0.1) is 19.8 Å². The fourth-order valence-corrected chi connectivity index (χ4v) is 2.03. The molecular weight excluding hydrogens is 192 g/mol. The first kappa shape index (κ1) is 15.7. The lowest BCUT2D eigenvalue weighted by Gasteiger charge is -2.13. The Morgan fingerprint density at radius 3 is 2.19 bits per heavy atom. The summed E-state index contributed by atoms with van der Waals surface area (Å²) in [5.41, 5.74) is 0. The van der Waals surface area contributed by atoms with Crippen LogP contribution >= 0.6 is 0 Å².